The van der Waals surface area contributed by atoms with E-state index >= 15 is 0 Å². The van der Waals surface area contributed by atoms with Gasteiger partial charge in [-0.1, -0.05) is 17.7 Å². The molecule has 0 saturated carbocycles. The van der Waals surface area contributed by atoms with Crippen molar-refractivity contribution in [2.24, 2.45) is 0 Å². The average molecular weight is 384 g/mol. The molecular formula is C21H20O5S. The lowest BCUT2D eigenvalue weighted by atomic mass is 10.2. The minimum atomic E-state index is -3.56. The molecule has 3 aromatic carbocycles. The molecule has 0 heterocycles. The van der Waals surface area contributed by atoms with E-state index in [2.05, 4.69) is 0 Å². The highest BCUT2D eigenvalue weighted by atomic mass is 32.2. The molecule has 0 N–H and O–H groups in total. The molecule has 5 nitrogen and oxygen atoms in total. The summed E-state index contributed by atoms with van der Waals surface area (Å²) in [6.07, 6.45) is 0. The smallest absolute Gasteiger partial charge is 0.206 e. The summed E-state index contributed by atoms with van der Waals surface area (Å²) >= 11 is 0. The Hall–Kier alpha value is -2.99. The van der Waals surface area contributed by atoms with Gasteiger partial charge in [0.25, 0.3) is 0 Å². The van der Waals surface area contributed by atoms with E-state index in [1.54, 1.807) is 68.8 Å². The van der Waals surface area contributed by atoms with Gasteiger partial charge in [0.05, 0.1) is 24.0 Å². The van der Waals surface area contributed by atoms with Gasteiger partial charge in [-0.15, -0.1) is 0 Å². The molecule has 140 valence electrons. The Morgan fingerprint density at radius 3 is 1.74 bits per heavy atom. The molecule has 0 aliphatic heterocycles. The van der Waals surface area contributed by atoms with E-state index in [4.69, 9.17) is 14.2 Å². The highest BCUT2D eigenvalue weighted by Crippen LogP contribution is 2.33. The van der Waals surface area contributed by atoms with E-state index in [1.165, 1.54) is 12.1 Å². The van der Waals surface area contributed by atoms with Gasteiger partial charge < -0.3 is 14.2 Å². The van der Waals surface area contributed by atoms with E-state index in [0.717, 1.165) is 5.56 Å². The predicted molar refractivity (Wildman–Crippen MR) is 103 cm³/mol. The summed E-state index contributed by atoms with van der Waals surface area (Å²) in [6, 6.07) is 18.3. The number of hydrogen-bond donors (Lipinski definition) is 0. The number of sulfone groups is 1. The van der Waals surface area contributed by atoms with Crippen LogP contribution in [0, 0.1) is 6.92 Å². The van der Waals surface area contributed by atoms with Gasteiger partial charge in [0.1, 0.15) is 11.5 Å². The number of aryl methyl sites for hydroxylation is 1. The fourth-order valence-corrected chi connectivity index (χ4v) is 3.82. The highest BCUT2D eigenvalue weighted by molar-refractivity contribution is 7.91. The van der Waals surface area contributed by atoms with Gasteiger partial charge in [-0.05, 0) is 55.5 Å². The Kier molecular flexibility index (Phi) is 5.37. The Labute approximate surface area is 159 Å². The van der Waals surface area contributed by atoms with E-state index in [1.807, 2.05) is 6.92 Å². The zero-order chi connectivity index (χ0) is 19.4. The maximum absolute atomic E-state index is 12.7. The van der Waals surface area contributed by atoms with Crippen LogP contribution in [0.3, 0.4) is 0 Å². The Morgan fingerprint density at radius 2 is 1.19 bits per heavy atom. The molecule has 0 unspecified atom stereocenters. The monoisotopic (exact) mass is 384 g/mol. The van der Waals surface area contributed by atoms with E-state index < -0.39 is 9.84 Å². The predicted octanol–water partition coefficient (Wildman–Crippen LogP) is 4.64. The average Bonchev–Trinajstić information content (AvgIpc) is 2.68. The van der Waals surface area contributed by atoms with Crippen LogP contribution in [0.25, 0.3) is 0 Å². The van der Waals surface area contributed by atoms with Crippen molar-refractivity contribution in [2.75, 3.05) is 14.2 Å². The third kappa shape index (κ3) is 4.06. The Morgan fingerprint density at radius 1 is 0.667 bits per heavy atom. The number of hydrogen-bond acceptors (Lipinski definition) is 5. The lowest BCUT2D eigenvalue weighted by Gasteiger charge is -2.11. The first kappa shape index (κ1) is 18.8. The Bertz CT molecular complexity index is 1020. The minimum Gasteiger partial charge on any atom is -0.493 e. The molecule has 0 radical (unpaired) electrons. The molecule has 0 bridgehead atoms. The van der Waals surface area contributed by atoms with Crippen LogP contribution < -0.4 is 14.2 Å². The molecule has 0 spiro atoms. The standard InChI is InChI=1S/C21H20O5S/c1-15-4-9-18(10-5-15)27(22,23)19-11-6-16(7-12-19)26-17-8-13-20(24-2)21(14-17)25-3/h4-14H,1-3H3. The van der Waals surface area contributed by atoms with E-state index in [0.29, 0.717) is 23.0 Å². The third-order valence-corrected chi connectivity index (χ3v) is 5.84. The van der Waals surface area contributed by atoms with Crippen LogP contribution in [0.4, 0.5) is 0 Å². The maximum atomic E-state index is 12.7. The van der Waals surface area contributed by atoms with E-state index in [9.17, 15) is 8.42 Å². The number of benzene rings is 3. The molecule has 6 heteroatoms. The van der Waals surface area contributed by atoms with Gasteiger partial charge in [0.15, 0.2) is 11.5 Å². The van der Waals surface area contributed by atoms with Gasteiger partial charge >= 0.3 is 0 Å². The first-order valence-electron chi connectivity index (χ1n) is 8.26. The molecule has 0 fully saturated rings. The second-order valence-electron chi connectivity index (χ2n) is 5.91. The van der Waals surface area contributed by atoms with Crippen LogP contribution in [0.5, 0.6) is 23.0 Å². The molecule has 0 aliphatic rings. The van der Waals surface area contributed by atoms with Crippen molar-refractivity contribution in [2.45, 2.75) is 16.7 Å². The summed E-state index contributed by atoms with van der Waals surface area (Å²) in [5.41, 5.74) is 1.01. The normalized spacial score (nSPS) is 11.1. The summed E-state index contributed by atoms with van der Waals surface area (Å²) in [6.45, 7) is 1.91. The fraction of sp³-hybridized carbons (Fsp3) is 0.143. The van der Waals surface area contributed by atoms with Crippen molar-refractivity contribution in [3.63, 3.8) is 0 Å². The van der Waals surface area contributed by atoms with E-state index in [-0.39, 0.29) is 9.79 Å². The number of ether oxygens (including phenoxy) is 3. The number of rotatable bonds is 6. The molecule has 0 aliphatic carbocycles. The second kappa shape index (κ2) is 7.72. The van der Waals surface area contributed by atoms with Crippen molar-refractivity contribution >= 4 is 9.84 Å². The van der Waals surface area contributed by atoms with Crippen LogP contribution in [0.1, 0.15) is 5.56 Å². The molecule has 0 amide bonds. The first-order chi connectivity index (χ1) is 12.9. The highest BCUT2D eigenvalue weighted by Gasteiger charge is 2.17. The molecule has 3 aromatic rings. The summed E-state index contributed by atoms with van der Waals surface area (Å²) in [5, 5.41) is 0. The largest absolute Gasteiger partial charge is 0.493 e. The lowest BCUT2D eigenvalue weighted by molar-refractivity contribution is 0.352. The van der Waals surface area contributed by atoms with Gasteiger partial charge in [0.2, 0.25) is 9.84 Å². The van der Waals surface area contributed by atoms with Crippen LogP contribution in [0.15, 0.2) is 76.5 Å². The van der Waals surface area contributed by atoms with Crippen molar-refractivity contribution in [3.8, 4) is 23.0 Å². The zero-order valence-electron chi connectivity index (χ0n) is 15.3. The lowest BCUT2D eigenvalue weighted by Crippen LogP contribution is -2.01. The topological polar surface area (TPSA) is 61.8 Å². The van der Waals surface area contributed by atoms with Crippen molar-refractivity contribution in [1.29, 1.82) is 0 Å². The Balaban J connectivity index is 1.82. The van der Waals surface area contributed by atoms with Gasteiger partial charge in [-0.25, -0.2) is 8.42 Å². The molecule has 0 aromatic heterocycles. The summed E-state index contributed by atoms with van der Waals surface area (Å²) in [5.74, 6) is 2.23. The van der Waals surface area contributed by atoms with Gasteiger partial charge in [0, 0.05) is 6.07 Å². The van der Waals surface area contributed by atoms with Crippen LogP contribution in [-0.2, 0) is 9.84 Å². The van der Waals surface area contributed by atoms with Crippen LogP contribution in [0.2, 0.25) is 0 Å². The fourth-order valence-electron chi connectivity index (χ4n) is 2.56. The summed E-state index contributed by atoms with van der Waals surface area (Å²) in [7, 11) is -0.448. The molecule has 0 saturated heterocycles. The van der Waals surface area contributed by atoms with Crippen LogP contribution >= 0.6 is 0 Å². The van der Waals surface area contributed by atoms with Gasteiger partial charge in [-0.3, -0.25) is 0 Å². The number of methoxy groups -OCH3 is 2. The molecular weight excluding hydrogens is 364 g/mol. The SMILES string of the molecule is COc1ccc(Oc2ccc(S(=O)(=O)c3ccc(C)cc3)cc2)cc1OC. The minimum absolute atomic E-state index is 0.214. The van der Waals surface area contributed by atoms with Crippen LogP contribution in [-0.4, -0.2) is 22.6 Å². The van der Waals surface area contributed by atoms with Crippen molar-refractivity contribution < 1.29 is 22.6 Å². The molecule has 27 heavy (non-hydrogen) atoms. The quantitative estimate of drug-likeness (QED) is 0.620. The molecule has 3 rings (SSSR count). The third-order valence-electron chi connectivity index (χ3n) is 4.06. The molecule has 0 atom stereocenters. The summed E-state index contributed by atoms with van der Waals surface area (Å²) in [4.78, 5) is 0.479. The maximum Gasteiger partial charge on any atom is 0.206 e. The first-order valence-corrected chi connectivity index (χ1v) is 9.74. The van der Waals surface area contributed by atoms with Crippen molar-refractivity contribution in [3.05, 3.63) is 72.3 Å². The zero-order valence-corrected chi connectivity index (χ0v) is 16.1. The van der Waals surface area contributed by atoms with Crippen molar-refractivity contribution in [1.82, 2.24) is 0 Å². The summed E-state index contributed by atoms with van der Waals surface area (Å²) < 4.78 is 41.6. The van der Waals surface area contributed by atoms with Gasteiger partial charge in [-0.2, -0.15) is 0 Å². The second-order valence-corrected chi connectivity index (χ2v) is 7.86.